The molecule has 0 aromatic heterocycles. The number of carbonyl (C=O) groups is 1. The standard InChI is InChI=1S/C13H26OSi/c1-12(2,3)15(6,7)9-10-11(14)8-13(10,4)5/h10H,8-9H2,1-7H3. The lowest BCUT2D eigenvalue weighted by Gasteiger charge is -2.48. The second-order valence-corrected chi connectivity index (χ2v) is 13.2. The van der Waals surface area contributed by atoms with E-state index in [-0.39, 0.29) is 5.41 Å². The zero-order valence-electron chi connectivity index (χ0n) is 11.4. The van der Waals surface area contributed by atoms with Crippen molar-refractivity contribution >= 4 is 13.9 Å². The van der Waals surface area contributed by atoms with Crippen LogP contribution in [0.4, 0.5) is 0 Å². The highest BCUT2D eigenvalue weighted by Crippen LogP contribution is 2.51. The predicted molar refractivity (Wildman–Crippen MR) is 68.9 cm³/mol. The Morgan fingerprint density at radius 2 is 1.80 bits per heavy atom. The maximum atomic E-state index is 11.7. The van der Waals surface area contributed by atoms with Crippen LogP contribution in [0.25, 0.3) is 0 Å². The first-order valence-corrected chi connectivity index (χ1v) is 9.21. The monoisotopic (exact) mass is 226 g/mol. The van der Waals surface area contributed by atoms with Gasteiger partial charge in [0, 0.05) is 12.3 Å². The maximum Gasteiger partial charge on any atom is 0.136 e. The van der Waals surface area contributed by atoms with Crippen molar-refractivity contribution in [3.63, 3.8) is 0 Å². The fraction of sp³-hybridized carbons (Fsp3) is 0.923. The molecule has 0 aromatic rings. The lowest BCUT2D eigenvalue weighted by atomic mass is 9.62. The van der Waals surface area contributed by atoms with E-state index in [9.17, 15) is 4.79 Å². The van der Waals surface area contributed by atoms with Gasteiger partial charge in [-0.2, -0.15) is 0 Å². The van der Waals surface area contributed by atoms with Crippen LogP contribution in [0.15, 0.2) is 0 Å². The zero-order chi connectivity index (χ0) is 12.1. The fourth-order valence-corrected chi connectivity index (χ4v) is 4.62. The van der Waals surface area contributed by atoms with Crippen molar-refractivity contribution in [2.45, 2.75) is 65.2 Å². The summed E-state index contributed by atoms with van der Waals surface area (Å²) in [5, 5.41) is 0.402. The third-order valence-corrected chi connectivity index (χ3v) is 10.2. The molecule has 0 saturated heterocycles. The van der Waals surface area contributed by atoms with Crippen LogP contribution in [-0.4, -0.2) is 13.9 Å². The normalized spacial score (nSPS) is 26.3. The second-order valence-electron chi connectivity index (χ2n) is 7.52. The van der Waals surface area contributed by atoms with Crippen molar-refractivity contribution in [3.8, 4) is 0 Å². The Balaban J connectivity index is 2.74. The number of hydrogen-bond donors (Lipinski definition) is 0. The summed E-state index contributed by atoms with van der Waals surface area (Å²) in [6.07, 6.45) is 0.798. The molecule has 1 aliphatic carbocycles. The van der Waals surface area contributed by atoms with Gasteiger partial charge in [0.1, 0.15) is 5.78 Å². The summed E-state index contributed by atoms with van der Waals surface area (Å²) in [6.45, 7) is 16.3. The minimum atomic E-state index is -1.29. The molecule has 0 spiro atoms. The largest absolute Gasteiger partial charge is 0.299 e. The molecule has 0 heterocycles. The molecule has 1 rings (SSSR count). The van der Waals surface area contributed by atoms with E-state index in [0.717, 1.165) is 6.42 Å². The van der Waals surface area contributed by atoms with Gasteiger partial charge in [-0.15, -0.1) is 0 Å². The van der Waals surface area contributed by atoms with E-state index < -0.39 is 8.07 Å². The van der Waals surface area contributed by atoms with Gasteiger partial charge in [0.05, 0.1) is 8.07 Å². The molecule has 1 saturated carbocycles. The quantitative estimate of drug-likeness (QED) is 0.648. The van der Waals surface area contributed by atoms with E-state index in [1.54, 1.807) is 0 Å². The average Bonchev–Trinajstić information content (AvgIpc) is 1.97. The van der Waals surface area contributed by atoms with Gasteiger partial charge in [-0.05, 0) is 16.5 Å². The molecule has 2 heteroatoms. The van der Waals surface area contributed by atoms with Gasteiger partial charge in [-0.1, -0.05) is 47.7 Å². The maximum absolute atomic E-state index is 11.7. The SMILES string of the molecule is CC1(C)CC(=O)C1C[Si](C)(C)C(C)(C)C. The van der Waals surface area contributed by atoms with Crippen LogP contribution >= 0.6 is 0 Å². The van der Waals surface area contributed by atoms with E-state index in [0.29, 0.717) is 16.7 Å². The van der Waals surface area contributed by atoms with Crippen LogP contribution in [0.5, 0.6) is 0 Å². The molecular formula is C13H26OSi. The van der Waals surface area contributed by atoms with E-state index in [1.807, 2.05) is 0 Å². The third-order valence-electron chi connectivity index (χ3n) is 4.71. The Kier molecular flexibility index (Phi) is 2.97. The van der Waals surface area contributed by atoms with E-state index in [1.165, 1.54) is 6.04 Å². The summed E-state index contributed by atoms with van der Waals surface area (Å²) in [6, 6.07) is 1.17. The minimum absolute atomic E-state index is 0.270. The first-order valence-electron chi connectivity index (χ1n) is 6.00. The van der Waals surface area contributed by atoms with Crippen molar-refractivity contribution in [1.82, 2.24) is 0 Å². The number of carbonyl (C=O) groups excluding carboxylic acids is 1. The van der Waals surface area contributed by atoms with Crippen LogP contribution in [-0.2, 0) is 4.79 Å². The van der Waals surface area contributed by atoms with Crippen LogP contribution in [0.2, 0.25) is 24.2 Å². The topological polar surface area (TPSA) is 17.1 Å². The van der Waals surface area contributed by atoms with Crippen molar-refractivity contribution in [3.05, 3.63) is 0 Å². The van der Waals surface area contributed by atoms with Crippen molar-refractivity contribution in [1.29, 1.82) is 0 Å². The first-order chi connectivity index (χ1) is 6.47. The highest BCUT2D eigenvalue weighted by atomic mass is 28.3. The molecule has 0 bridgehead atoms. The highest BCUT2D eigenvalue weighted by Gasteiger charge is 2.50. The number of ketones is 1. The molecule has 0 aliphatic heterocycles. The van der Waals surface area contributed by atoms with E-state index >= 15 is 0 Å². The molecule has 1 aliphatic rings. The number of hydrogen-bond acceptors (Lipinski definition) is 1. The Morgan fingerprint density at radius 3 is 2.07 bits per heavy atom. The van der Waals surface area contributed by atoms with Crippen molar-refractivity contribution in [2.24, 2.45) is 11.3 Å². The molecule has 1 nitrogen and oxygen atoms in total. The summed E-state index contributed by atoms with van der Waals surface area (Å²) in [4.78, 5) is 11.7. The van der Waals surface area contributed by atoms with E-state index in [2.05, 4.69) is 47.7 Å². The minimum Gasteiger partial charge on any atom is -0.299 e. The molecule has 15 heavy (non-hydrogen) atoms. The first kappa shape index (κ1) is 13.0. The molecule has 0 N–H and O–H groups in total. The Labute approximate surface area is 95.7 Å². The Morgan fingerprint density at radius 1 is 1.33 bits per heavy atom. The lowest BCUT2D eigenvalue weighted by molar-refractivity contribution is -0.138. The fourth-order valence-electron chi connectivity index (χ4n) is 2.21. The Hall–Kier alpha value is -0.113. The molecule has 88 valence electrons. The second kappa shape index (κ2) is 3.44. The van der Waals surface area contributed by atoms with Crippen molar-refractivity contribution < 1.29 is 4.79 Å². The summed E-state index contributed by atoms with van der Waals surface area (Å²) in [5.41, 5.74) is 0.270. The van der Waals surface area contributed by atoms with Crippen molar-refractivity contribution in [2.75, 3.05) is 0 Å². The number of rotatable bonds is 2. The summed E-state index contributed by atoms with van der Waals surface area (Å²) in [7, 11) is -1.29. The third kappa shape index (κ3) is 2.35. The van der Waals surface area contributed by atoms with Crippen LogP contribution in [0.3, 0.4) is 0 Å². The van der Waals surface area contributed by atoms with Gasteiger partial charge in [0.25, 0.3) is 0 Å². The molecule has 1 atom stereocenters. The Bertz CT molecular complexity index is 271. The molecule has 0 radical (unpaired) electrons. The van der Waals surface area contributed by atoms with Gasteiger partial charge in [-0.25, -0.2) is 0 Å². The van der Waals surface area contributed by atoms with Gasteiger partial charge < -0.3 is 0 Å². The van der Waals surface area contributed by atoms with Gasteiger partial charge in [0.15, 0.2) is 0 Å². The van der Waals surface area contributed by atoms with E-state index in [4.69, 9.17) is 0 Å². The smallest absolute Gasteiger partial charge is 0.136 e. The lowest BCUT2D eigenvalue weighted by Crippen LogP contribution is -2.50. The summed E-state index contributed by atoms with van der Waals surface area (Å²) < 4.78 is 0. The number of Topliss-reactive ketones (excluding diaryl/α,β-unsaturated/α-hetero) is 1. The molecule has 1 fully saturated rings. The highest BCUT2D eigenvalue weighted by molar-refractivity contribution is 6.80. The molecule has 0 aromatic carbocycles. The van der Waals surface area contributed by atoms with Gasteiger partial charge >= 0.3 is 0 Å². The molecular weight excluding hydrogens is 200 g/mol. The molecule has 1 unspecified atom stereocenters. The van der Waals surface area contributed by atoms with Crippen LogP contribution in [0.1, 0.15) is 41.0 Å². The average molecular weight is 226 g/mol. The van der Waals surface area contributed by atoms with Gasteiger partial charge in [0.2, 0.25) is 0 Å². The summed E-state index contributed by atoms with van der Waals surface area (Å²) in [5.74, 6) is 0.850. The van der Waals surface area contributed by atoms with Crippen LogP contribution < -0.4 is 0 Å². The predicted octanol–water partition coefficient (Wildman–Crippen LogP) is 4.11. The molecule has 0 amide bonds. The summed E-state index contributed by atoms with van der Waals surface area (Å²) >= 11 is 0. The zero-order valence-corrected chi connectivity index (χ0v) is 12.4. The van der Waals surface area contributed by atoms with Gasteiger partial charge in [-0.3, -0.25) is 4.79 Å². The van der Waals surface area contributed by atoms with Crippen LogP contribution in [0, 0.1) is 11.3 Å².